The maximum Gasteiger partial charge on any atom is 2.00 e. The molecule has 19 heavy (non-hydrogen) atoms. The van der Waals surface area contributed by atoms with Crippen molar-refractivity contribution in [2.45, 2.75) is 26.1 Å². The summed E-state index contributed by atoms with van der Waals surface area (Å²) in [5.41, 5.74) is 0. The smallest absolute Gasteiger partial charge is 0.547 e. The topological polar surface area (TPSA) is 145 Å². The van der Waals surface area contributed by atoms with Crippen LogP contribution in [0.2, 0.25) is 0 Å². The maximum atomic E-state index is 9.34. The Morgan fingerprint density at radius 3 is 1.11 bits per heavy atom. The Bertz CT molecular complexity index is 205. The summed E-state index contributed by atoms with van der Waals surface area (Å²) in [6.07, 6.45) is -2.69. The fraction of sp³-hybridized carbons (Fsp3) is 0.800. The van der Waals surface area contributed by atoms with Gasteiger partial charge in [0.05, 0.1) is 24.1 Å². The third-order valence-corrected chi connectivity index (χ3v) is 1.64. The molecule has 2 atom stereocenters. The Labute approximate surface area is 142 Å². The molecule has 2 unspecified atom stereocenters. The van der Waals surface area contributed by atoms with Crippen LogP contribution in [0.5, 0.6) is 0 Å². The van der Waals surface area contributed by atoms with Crippen molar-refractivity contribution in [2.75, 3.05) is 26.2 Å². The van der Waals surface area contributed by atoms with Gasteiger partial charge < -0.3 is 40.6 Å². The first-order valence-corrected chi connectivity index (χ1v) is 5.48. The number of piperazine rings is 1. The van der Waals surface area contributed by atoms with Gasteiger partial charge in [-0.25, -0.2) is 0 Å². The summed E-state index contributed by atoms with van der Waals surface area (Å²) in [4.78, 5) is 18.7. The van der Waals surface area contributed by atoms with E-state index in [0.29, 0.717) is 0 Å². The molecule has 1 aliphatic rings. The SMILES string of the molecule is C1CNCCN1.CC(O)C(=O)[O-].CC(O)C(=O)[O-].[Ca+2]. The van der Waals surface area contributed by atoms with Gasteiger partial charge in [0.2, 0.25) is 0 Å². The molecule has 1 rings (SSSR count). The fourth-order valence-corrected chi connectivity index (χ4v) is 0.604. The maximum absolute atomic E-state index is 9.34. The zero-order chi connectivity index (χ0) is 14.6. The Balaban J connectivity index is -0.000000197. The molecule has 0 aromatic heterocycles. The number of carbonyl (C=O) groups is 2. The van der Waals surface area contributed by atoms with Crippen molar-refractivity contribution in [3.8, 4) is 0 Å². The molecule has 0 amide bonds. The van der Waals surface area contributed by atoms with E-state index in [9.17, 15) is 19.8 Å². The number of aliphatic hydroxyl groups excluding tert-OH is 2. The number of aliphatic hydroxyl groups is 2. The molecule has 108 valence electrons. The van der Waals surface area contributed by atoms with Crippen LogP contribution in [-0.2, 0) is 9.59 Å². The Morgan fingerprint density at radius 1 is 0.895 bits per heavy atom. The summed E-state index contributed by atoms with van der Waals surface area (Å²) >= 11 is 0. The van der Waals surface area contributed by atoms with Crippen molar-refractivity contribution in [1.29, 1.82) is 0 Å². The van der Waals surface area contributed by atoms with Crippen molar-refractivity contribution < 1.29 is 30.0 Å². The van der Waals surface area contributed by atoms with E-state index in [2.05, 4.69) is 10.6 Å². The van der Waals surface area contributed by atoms with E-state index < -0.39 is 24.1 Å². The van der Waals surface area contributed by atoms with Crippen LogP contribution in [0.15, 0.2) is 0 Å². The van der Waals surface area contributed by atoms with Gasteiger partial charge in [0.1, 0.15) is 0 Å². The first-order valence-electron chi connectivity index (χ1n) is 5.48. The van der Waals surface area contributed by atoms with Crippen LogP contribution in [-0.4, -0.2) is 98.3 Å². The van der Waals surface area contributed by atoms with Crippen LogP contribution >= 0.6 is 0 Å². The summed E-state index contributed by atoms with van der Waals surface area (Å²) in [7, 11) is 0. The fourth-order valence-electron chi connectivity index (χ4n) is 0.604. The zero-order valence-electron chi connectivity index (χ0n) is 11.2. The molecular formula is C10H20CaN2O6. The van der Waals surface area contributed by atoms with Crippen molar-refractivity contribution in [3.05, 3.63) is 0 Å². The predicted octanol–water partition coefficient (Wildman–Crippen LogP) is -4.97. The summed E-state index contributed by atoms with van der Waals surface area (Å²) in [6.45, 7) is 6.82. The largest absolute Gasteiger partial charge is 2.00 e. The molecule has 1 heterocycles. The number of aliphatic carboxylic acids is 2. The monoisotopic (exact) mass is 304 g/mol. The average Bonchev–Trinajstić information content (AvgIpc) is 2.32. The normalized spacial score (nSPS) is 16.2. The second-order valence-electron chi connectivity index (χ2n) is 3.49. The van der Waals surface area contributed by atoms with E-state index >= 15 is 0 Å². The number of hydrogen-bond donors (Lipinski definition) is 4. The van der Waals surface area contributed by atoms with Crippen LogP contribution < -0.4 is 20.8 Å². The Morgan fingerprint density at radius 2 is 1.05 bits per heavy atom. The molecule has 4 N–H and O–H groups in total. The summed E-state index contributed by atoms with van der Waals surface area (Å²) in [6, 6.07) is 0. The Hall–Kier alpha value is 0.0397. The summed E-state index contributed by atoms with van der Waals surface area (Å²) in [5, 5.41) is 41.1. The molecule has 0 aromatic rings. The molecule has 1 saturated heterocycles. The minimum Gasteiger partial charge on any atom is -0.547 e. The molecular weight excluding hydrogens is 284 g/mol. The summed E-state index contributed by atoms with van der Waals surface area (Å²) in [5.74, 6) is -2.87. The standard InChI is InChI=1S/C4H10N2.2C3H6O3.Ca/c1-2-6-4-3-5-1;2*1-2(4)3(5)6;/h5-6H,1-4H2;2*2,4H,1H3,(H,5,6);/q;;;+2/p-2. The number of carboxylic acid groups (broad SMARTS) is 2. The van der Waals surface area contributed by atoms with Crippen LogP contribution in [0.3, 0.4) is 0 Å². The Kier molecular flexibility index (Phi) is 20.4. The van der Waals surface area contributed by atoms with Crippen LogP contribution in [0.1, 0.15) is 13.8 Å². The second-order valence-corrected chi connectivity index (χ2v) is 3.49. The van der Waals surface area contributed by atoms with Gasteiger partial charge >= 0.3 is 37.7 Å². The molecule has 0 bridgehead atoms. The molecule has 0 aromatic carbocycles. The van der Waals surface area contributed by atoms with E-state index in [4.69, 9.17) is 10.2 Å². The third kappa shape index (κ3) is 23.5. The quantitative estimate of drug-likeness (QED) is 0.371. The number of rotatable bonds is 2. The van der Waals surface area contributed by atoms with Crippen LogP contribution in [0, 0.1) is 0 Å². The van der Waals surface area contributed by atoms with E-state index in [1.165, 1.54) is 0 Å². The number of hydrogen-bond acceptors (Lipinski definition) is 8. The molecule has 0 aliphatic carbocycles. The molecule has 8 nitrogen and oxygen atoms in total. The van der Waals surface area contributed by atoms with Gasteiger partial charge in [-0.2, -0.15) is 0 Å². The van der Waals surface area contributed by atoms with E-state index in [-0.39, 0.29) is 37.7 Å². The first kappa shape index (κ1) is 24.1. The van der Waals surface area contributed by atoms with Gasteiger partial charge in [0.25, 0.3) is 0 Å². The average molecular weight is 304 g/mol. The van der Waals surface area contributed by atoms with Crippen molar-refractivity contribution in [3.63, 3.8) is 0 Å². The number of nitrogens with one attached hydrogen (secondary N) is 2. The van der Waals surface area contributed by atoms with Gasteiger partial charge in [-0.05, 0) is 13.8 Å². The number of carboxylic acids is 2. The van der Waals surface area contributed by atoms with E-state index in [0.717, 1.165) is 40.0 Å². The van der Waals surface area contributed by atoms with Crippen molar-refractivity contribution in [1.82, 2.24) is 10.6 Å². The summed E-state index contributed by atoms with van der Waals surface area (Å²) < 4.78 is 0. The van der Waals surface area contributed by atoms with E-state index in [1.807, 2.05) is 0 Å². The molecule has 0 radical (unpaired) electrons. The first-order chi connectivity index (χ1) is 8.29. The minimum absolute atomic E-state index is 0. The molecule has 9 heteroatoms. The zero-order valence-corrected chi connectivity index (χ0v) is 13.4. The van der Waals surface area contributed by atoms with Crippen molar-refractivity contribution in [2.24, 2.45) is 0 Å². The second kappa shape index (κ2) is 16.1. The predicted molar refractivity (Wildman–Crippen MR) is 64.9 cm³/mol. The molecule has 1 fully saturated rings. The van der Waals surface area contributed by atoms with Crippen molar-refractivity contribution >= 4 is 49.7 Å². The third-order valence-electron chi connectivity index (χ3n) is 1.64. The number of carbonyl (C=O) groups excluding carboxylic acids is 2. The molecule has 0 saturated carbocycles. The van der Waals surface area contributed by atoms with Gasteiger partial charge in [-0.3, -0.25) is 0 Å². The van der Waals surface area contributed by atoms with Gasteiger partial charge in [0.15, 0.2) is 0 Å². The molecule has 0 spiro atoms. The molecule has 1 aliphatic heterocycles. The van der Waals surface area contributed by atoms with Crippen LogP contribution in [0.25, 0.3) is 0 Å². The van der Waals surface area contributed by atoms with Gasteiger partial charge in [0, 0.05) is 26.2 Å². The van der Waals surface area contributed by atoms with E-state index in [1.54, 1.807) is 0 Å². The minimum atomic E-state index is -1.44. The van der Waals surface area contributed by atoms with Gasteiger partial charge in [-0.15, -0.1) is 0 Å². The van der Waals surface area contributed by atoms with Crippen LogP contribution in [0.4, 0.5) is 0 Å². The van der Waals surface area contributed by atoms with Gasteiger partial charge in [-0.1, -0.05) is 0 Å².